The molecule has 0 aliphatic carbocycles. The van der Waals surface area contributed by atoms with Gasteiger partial charge in [0, 0.05) is 18.4 Å². The van der Waals surface area contributed by atoms with Gasteiger partial charge in [-0.1, -0.05) is 23.4 Å². The van der Waals surface area contributed by atoms with E-state index in [-0.39, 0.29) is 23.9 Å². The third-order valence-electron chi connectivity index (χ3n) is 5.36. The van der Waals surface area contributed by atoms with E-state index in [1.165, 1.54) is 17.6 Å². The van der Waals surface area contributed by atoms with Crippen LogP contribution in [0.2, 0.25) is 0 Å². The fourth-order valence-electron chi connectivity index (χ4n) is 3.15. The van der Waals surface area contributed by atoms with Crippen molar-refractivity contribution in [2.45, 2.75) is 31.6 Å². The van der Waals surface area contributed by atoms with Gasteiger partial charge in [-0.2, -0.15) is 0 Å². The summed E-state index contributed by atoms with van der Waals surface area (Å²) in [6.45, 7) is 2.70. The molecule has 1 aromatic heterocycles. The highest BCUT2D eigenvalue weighted by Gasteiger charge is 2.43. The third kappa shape index (κ3) is 4.19. The van der Waals surface area contributed by atoms with Crippen LogP contribution in [0.5, 0.6) is 0 Å². The molecule has 0 bridgehead atoms. The number of rotatable bonds is 6. The van der Waals surface area contributed by atoms with E-state index >= 15 is 0 Å². The Morgan fingerprint density at radius 3 is 2.58 bits per heavy atom. The van der Waals surface area contributed by atoms with Gasteiger partial charge in [0.2, 0.25) is 0 Å². The summed E-state index contributed by atoms with van der Waals surface area (Å²) in [5.74, 6) is -1.51. The molecule has 3 rings (SSSR count). The fourth-order valence-corrected chi connectivity index (χ4v) is 3.99. The summed E-state index contributed by atoms with van der Waals surface area (Å²) in [5, 5.41) is 16.9. The maximum Gasteiger partial charge on any atom is 0.277 e. The lowest BCUT2D eigenvalue weighted by atomic mass is 10.0. The molecule has 11 heteroatoms. The van der Waals surface area contributed by atoms with Gasteiger partial charge in [0.25, 0.3) is 11.5 Å². The number of sulfone groups is 1. The Kier molecular flexibility index (Phi) is 5.92. The number of benzene rings is 2. The summed E-state index contributed by atoms with van der Waals surface area (Å²) >= 11 is 0. The lowest BCUT2D eigenvalue weighted by molar-refractivity contribution is -0.131. The fraction of sp³-hybridized carbons (Fsp3) is 0.300. The second kappa shape index (κ2) is 8.16. The first-order valence-electron chi connectivity index (χ1n) is 9.26. The Morgan fingerprint density at radius 2 is 1.97 bits per heavy atom. The molecule has 0 fully saturated rings. The average molecular weight is 448 g/mol. The van der Waals surface area contributed by atoms with E-state index in [9.17, 15) is 22.4 Å². The molecule has 3 aromatic rings. The Bertz CT molecular complexity index is 1340. The van der Waals surface area contributed by atoms with Crippen molar-refractivity contribution in [3.05, 3.63) is 58.1 Å². The number of amides is 1. The number of carbonyl (C=O) groups excluding carboxylic acids is 1. The molecule has 0 saturated carbocycles. The van der Waals surface area contributed by atoms with E-state index in [0.29, 0.717) is 11.1 Å². The van der Waals surface area contributed by atoms with E-state index < -0.39 is 31.9 Å². The number of aryl methyl sites for hydroxylation is 2. The summed E-state index contributed by atoms with van der Waals surface area (Å²) in [7, 11) is -3.92. The van der Waals surface area contributed by atoms with E-state index in [4.69, 9.17) is 5.21 Å². The van der Waals surface area contributed by atoms with Crippen LogP contribution in [0.25, 0.3) is 22.0 Å². The van der Waals surface area contributed by atoms with Crippen LogP contribution < -0.4 is 11.0 Å². The molecule has 0 aliphatic heterocycles. The molecule has 0 saturated heterocycles. The Balaban J connectivity index is 1.96. The number of nitrogens with one attached hydrogen (secondary N) is 1. The van der Waals surface area contributed by atoms with E-state index in [0.717, 1.165) is 23.4 Å². The number of hydrogen-bond acceptors (Lipinski definition) is 7. The molecule has 1 heterocycles. The number of hydrogen-bond donors (Lipinski definition) is 2. The minimum atomic E-state index is -3.92. The summed E-state index contributed by atoms with van der Waals surface area (Å²) in [4.78, 5) is 24.7. The maximum atomic E-state index is 14.3. The predicted octanol–water partition coefficient (Wildman–Crippen LogP) is 1.60. The predicted molar refractivity (Wildman–Crippen MR) is 112 cm³/mol. The van der Waals surface area contributed by atoms with Gasteiger partial charge in [0.05, 0.1) is 5.39 Å². The largest absolute Gasteiger partial charge is 0.289 e. The van der Waals surface area contributed by atoms with Gasteiger partial charge in [0.15, 0.2) is 14.6 Å². The summed E-state index contributed by atoms with van der Waals surface area (Å²) in [6, 6.07) is 9.44. The minimum absolute atomic E-state index is 0.207. The molecule has 2 N–H and O–H groups in total. The zero-order valence-electron chi connectivity index (χ0n) is 17.1. The van der Waals surface area contributed by atoms with Gasteiger partial charge in [-0.05, 0) is 49.6 Å². The third-order valence-corrected chi connectivity index (χ3v) is 7.39. The lowest BCUT2D eigenvalue weighted by Crippen LogP contribution is -2.50. The minimum Gasteiger partial charge on any atom is -0.289 e. The standard InChI is InChI=1S/C20H21FN4O5S/c1-12-4-6-14(16(21)10-12)13-5-7-15-17(11-13)22-24-25(18(15)26)9-8-20(2,19(27)23-28)31(3,29)30/h4-7,10-11,28H,8-9H2,1-3H3,(H,23,27)/t20-/m0/s1. The number of nitrogens with zero attached hydrogens (tertiary/aromatic N) is 3. The van der Waals surface area contributed by atoms with Crippen LogP contribution in [-0.4, -0.2) is 45.5 Å². The Hall–Kier alpha value is -3.18. The van der Waals surface area contributed by atoms with Crippen LogP contribution in [0.3, 0.4) is 0 Å². The normalized spacial score (nSPS) is 13.7. The topological polar surface area (TPSA) is 131 Å². The molecule has 164 valence electrons. The molecular formula is C20H21FN4O5S. The molecule has 0 unspecified atom stereocenters. The van der Waals surface area contributed by atoms with Crippen LogP contribution in [0.4, 0.5) is 4.39 Å². The van der Waals surface area contributed by atoms with Gasteiger partial charge < -0.3 is 0 Å². The second-order valence-corrected chi connectivity index (χ2v) is 9.97. The Labute approximate surface area is 177 Å². The van der Waals surface area contributed by atoms with E-state index in [1.54, 1.807) is 31.2 Å². The highest BCUT2D eigenvalue weighted by atomic mass is 32.2. The molecule has 9 nitrogen and oxygen atoms in total. The first-order chi connectivity index (χ1) is 14.5. The van der Waals surface area contributed by atoms with Gasteiger partial charge in [-0.25, -0.2) is 23.0 Å². The summed E-state index contributed by atoms with van der Waals surface area (Å²) in [5.41, 5.74) is 2.72. The van der Waals surface area contributed by atoms with Gasteiger partial charge in [0.1, 0.15) is 11.3 Å². The van der Waals surface area contributed by atoms with Crippen molar-refractivity contribution in [2.24, 2.45) is 0 Å². The molecule has 1 atom stereocenters. The highest BCUT2D eigenvalue weighted by Crippen LogP contribution is 2.26. The number of aromatic nitrogens is 3. The highest BCUT2D eigenvalue weighted by molar-refractivity contribution is 7.92. The van der Waals surface area contributed by atoms with Crippen molar-refractivity contribution in [3.8, 4) is 11.1 Å². The zero-order valence-corrected chi connectivity index (χ0v) is 17.9. The number of halogens is 1. The molecule has 0 aliphatic rings. The smallest absolute Gasteiger partial charge is 0.277 e. The summed E-state index contributed by atoms with van der Waals surface area (Å²) < 4.78 is 37.4. The SMILES string of the molecule is Cc1ccc(-c2ccc3c(=O)n(CC[C@@](C)(C(=O)NO)S(C)(=O)=O)nnc3c2)c(F)c1. The Morgan fingerprint density at radius 1 is 1.26 bits per heavy atom. The molecule has 0 spiro atoms. The van der Waals surface area contributed by atoms with Crippen molar-refractivity contribution in [1.29, 1.82) is 0 Å². The van der Waals surface area contributed by atoms with Gasteiger partial charge in [-0.3, -0.25) is 14.8 Å². The van der Waals surface area contributed by atoms with Crippen LogP contribution in [0.15, 0.2) is 41.2 Å². The van der Waals surface area contributed by atoms with E-state index in [1.807, 2.05) is 0 Å². The first kappa shape index (κ1) is 22.5. The zero-order chi connectivity index (χ0) is 23.0. The first-order valence-corrected chi connectivity index (χ1v) is 11.2. The number of carbonyl (C=O) groups is 1. The van der Waals surface area contributed by atoms with Crippen molar-refractivity contribution < 1.29 is 22.8 Å². The molecule has 0 radical (unpaired) electrons. The van der Waals surface area contributed by atoms with Crippen LogP contribution in [-0.2, 0) is 21.2 Å². The van der Waals surface area contributed by atoms with Crippen LogP contribution >= 0.6 is 0 Å². The van der Waals surface area contributed by atoms with Crippen LogP contribution in [0.1, 0.15) is 18.9 Å². The molecule has 1 amide bonds. The van der Waals surface area contributed by atoms with Gasteiger partial charge >= 0.3 is 0 Å². The lowest BCUT2D eigenvalue weighted by Gasteiger charge is -2.24. The van der Waals surface area contributed by atoms with Crippen molar-refractivity contribution in [1.82, 2.24) is 20.5 Å². The number of fused-ring (bicyclic) bond motifs is 1. The quantitative estimate of drug-likeness (QED) is 0.433. The van der Waals surface area contributed by atoms with Gasteiger partial charge in [-0.15, -0.1) is 5.10 Å². The van der Waals surface area contributed by atoms with Crippen molar-refractivity contribution in [2.75, 3.05) is 6.26 Å². The number of hydroxylamine groups is 1. The molecule has 2 aromatic carbocycles. The molecule has 31 heavy (non-hydrogen) atoms. The second-order valence-electron chi connectivity index (χ2n) is 7.53. The van der Waals surface area contributed by atoms with Crippen molar-refractivity contribution in [3.63, 3.8) is 0 Å². The summed E-state index contributed by atoms with van der Waals surface area (Å²) in [6.07, 6.45) is 0.549. The molecular weight excluding hydrogens is 427 g/mol. The maximum absolute atomic E-state index is 14.3. The van der Waals surface area contributed by atoms with Crippen LogP contribution in [0, 0.1) is 12.7 Å². The van der Waals surface area contributed by atoms with Crippen molar-refractivity contribution >= 4 is 26.6 Å². The monoisotopic (exact) mass is 448 g/mol. The average Bonchev–Trinajstić information content (AvgIpc) is 2.71. The van der Waals surface area contributed by atoms with E-state index in [2.05, 4.69) is 10.3 Å².